The highest BCUT2D eigenvalue weighted by Crippen LogP contribution is 2.10. The van der Waals surface area contributed by atoms with E-state index in [4.69, 9.17) is 10.2 Å². The lowest BCUT2D eigenvalue weighted by Crippen LogP contribution is -2.40. The summed E-state index contributed by atoms with van der Waals surface area (Å²) in [7, 11) is 0. The molecule has 1 atom stereocenters. The van der Waals surface area contributed by atoms with Crippen molar-refractivity contribution in [2.45, 2.75) is 25.9 Å². The molecule has 0 bridgehead atoms. The van der Waals surface area contributed by atoms with E-state index in [-0.39, 0.29) is 12.6 Å². The molecule has 1 aromatic carbocycles. The van der Waals surface area contributed by atoms with Gasteiger partial charge in [0.25, 0.3) is 0 Å². The highest BCUT2D eigenvalue weighted by molar-refractivity contribution is 5.65. The number of aliphatic hydroxyl groups is 1. The summed E-state index contributed by atoms with van der Waals surface area (Å²) >= 11 is 0. The number of carbonyl (C=O) groups is 1. The van der Waals surface area contributed by atoms with Gasteiger partial charge in [0.15, 0.2) is 0 Å². The highest BCUT2D eigenvalue weighted by atomic mass is 16.4. The maximum atomic E-state index is 11.1. The molecule has 0 saturated carbocycles. The Balaban J connectivity index is 2.76. The zero-order chi connectivity index (χ0) is 12.0. The van der Waals surface area contributed by atoms with Gasteiger partial charge in [0, 0.05) is 6.54 Å². The number of carboxylic acid groups (broad SMARTS) is 1. The minimum atomic E-state index is -0.996. The predicted octanol–water partition coefficient (Wildman–Crippen LogP) is 1.94. The van der Waals surface area contributed by atoms with Crippen LogP contribution in [0.15, 0.2) is 30.3 Å². The Labute approximate surface area is 95.1 Å². The summed E-state index contributed by atoms with van der Waals surface area (Å²) in [5, 5.41) is 18.2. The number of rotatable bonds is 5. The molecule has 0 aromatic heterocycles. The molecule has 0 fully saturated rings. The van der Waals surface area contributed by atoms with E-state index in [1.54, 1.807) is 0 Å². The topological polar surface area (TPSA) is 60.8 Å². The van der Waals surface area contributed by atoms with Gasteiger partial charge in [0.1, 0.15) is 0 Å². The Hall–Kier alpha value is -1.55. The maximum Gasteiger partial charge on any atom is 0.407 e. The fourth-order valence-electron chi connectivity index (χ4n) is 1.58. The van der Waals surface area contributed by atoms with Gasteiger partial charge in [-0.3, -0.25) is 4.90 Å². The summed E-state index contributed by atoms with van der Waals surface area (Å²) in [5.41, 5.74) is 0.928. The third-order valence-corrected chi connectivity index (χ3v) is 2.56. The lowest BCUT2D eigenvalue weighted by molar-refractivity contribution is 0.0916. The molecule has 1 rings (SSSR count). The van der Waals surface area contributed by atoms with Gasteiger partial charge in [-0.05, 0) is 12.0 Å². The average molecular weight is 223 g/mol. The molecule has 2 N–H and O–H groups in total. The molecule has 4 heteroatoms. The number of benzene rings is 1. The van der Waals surface area contributed by atoms with Crippen LogP contribution in [0.25, 0.3) is 0 Å². The lowest BCUT2D eigenvalue weighted by atomic mass is 10.1. The van der Waals surface area contributed by atoms with Crippen LogP contribution < -0.4 is 0 Å². The van der Waals surface area contributed by atoms with Crippen molar-refractivity contribution >= 4 is 6.09 Å². The first-order valence-corrected chi connectivity index (χ1v) is 5.33. The molecule has 0 unspecified atom stereocenters. The van der Waals surface area contributed by atoms with Gasteiger partial charge >= 0.3 is 6.09 Å². The van der Waals surface area contributed by atoms with Crippen LogP contribution in [-0.2, 0) is 6.54 Å². The first-order chi connectivity index (χ1) is 7.69. The number of hydrogen-bond acceptors (Lipinski definition) is 2. The molecule has 0 heterocycles. The normalized spacial score (nSPS) is 12.1. The van der Waals surface area contributed by atoms with Crippen molar-refractivity contribution in [3.05, 3.63) is 35.9 Å². The zero-order valence-electron chi connectivity index (χ0n) is 9.34. The van der Waals surface area contributed by atoms with Crippen molar-refractivity contribution in [1.29, 1.82) is 0 Å². The first-order valence-electron chi connectivity index (χ1n) is 5.33. The van der Waals surface area contributed by atoms with Crippen LogP contribution in [-0.4, -0.2) is 33.9 Å². The predicted molar refractivity (Wildman–Crippen MR) is 61.2 cm³/mol. The summed E-state index contributed by atoms with van der Waals surface area (Å²) in [4.78, 5) is 12.4. The summed E-state index contributed by atoms with van der Waals surface area (Å²) in [6.45, 7) is 2.03. The maximum absolute atomic E-state index is 11.1. The zero-order valence-corrected chi connectivity index (χ0v) is 9.34. The number of hydrogen-bond donors (Lipinski definition) is 2. The fraction of sp³-hybridized carbons (Fsp3) is 0.417. The molecule has 0 spiro atoms. The van der Waals surface area contributed by atoms with Crippen LogP contribution in [0.4, 0.5) is 4.79 Å². The fourth-order valence-corrected chi connectivity index (χ4v) is 1.58. The number of nitrogens with zero attached hydrogens (tertiary/aromatic N) is 1. The molecule has 0 radical (unpaired) electrons. The smallest absolute Gasteiger partial charge is 0.407 e. The quantitative estimate of drug-likeness (QED) is 0.801. The summed E-state index contributed by atoms with van der Waals surface area (Å²) < 4.78 is 0. The second-order valence-electron chi connectivity index (χ2n) is 3.64. The van der Waals surface area contributed by atoms with E-state index in [0.717, 1.165) is 5.56 Å². The average Bonchev–Trinajstić information content (AvgIpc) is 2.30. The molecule has 16 heavy (non-hydrogen) atoms. The summed E-state index contributed by atoms with van der Waals surface area (Å²) in [6, 6.07) is 9.04. The molecular formula is C12H17NO3. The standard InChI is InChI=1S/C12H17NO3/c1-2-11(9-14)13(12(15)16)8-10-6-4-3-5-7-10/h3-7,11,14H,2,8-9H2,1H3,(H,15,16)/t11-/m0/s1. The van der Waals surface area contributed by atoms with Gasteiger partial charge in [-0.2, -0.15) is 0 Å². The minimum absolute atomic E-state index is 0.143. The van der Waals surface area contributed by atoms with Gasteiger partial charge in [0.05, 0.1) is 12.6 Å². The SMILES string of the molecule is CC[C@@H](CO)N(Cc1ccccc1)C(=O)O. The van der Waals surface area contributed by atoms with Crippen molar-refractivity contribution in [3.8, 4) is 0 Å². The van der Waals surface area contributed by atoms with Crippen LogP contribution in [0.1, 0.15) is 18.9 Å². The Bertz CT molecular complexity index is 322. The Morgan fingerprint density at radius 2 is 2.00 bits per heavy atom. The Morgan fingerprint density at radius 3 is 2.44 bits per heavy atom. The third kappa shape index (κ3) is 3.24. The largest absolute Gasteiger partial charge is 0.465 e. The Morgan fingerprint density at radius 1 is 1.38 bits per heavy atom. The summed E-state index contributed by atoms with van der Waals surface area (Å²) in [5.74, 6) is 0. The Kier molecular flexibility index (Phi) is 4.79. The van der Waals surface area contributed by atoms with E-state index < -0.39 is 6.09 Å². The second kappa shape index (κ2) is 6.12. The van der Waals surface area contributed by atoms with Crippen LogP contribution >= 0.6 is 0 Å². The van der Waals surface area contributed by atoms with E-state index in [9.17, 15) is 4.79 Å². The van der Waals surface area contributed by atoms with Crippen LogP contribution in [0.3, 0.4) is 0 Å². The van der Waals surface area contributed by atoms with Crippen molar-refractivity contribution < 1.29 is 15.0 Å². The molecule has 0 aliphatic rings. The van der Waals surface area contributed by atoms with Gasteiger partial charge in [-0.1, -0.05) is 37.3 Å². The number of aliphatic hydroxyl groups excluding tert-OH is 1. The molecule has 1 aromatic rings. The van der Waals surface area contributed by atoms with Crippen molar-refractivity contribution in [2.24, 2.45) is 0 Å². The highest BCUT2D eigenvalue weighted by Gasteiger charge is 2.20. The van der Waals surface area contributed by atoms with Crippen LogP contribution in [0.2, 0.25) is 0 Å². The molecule has 0 aliphatic carbocycles. The van der Waals surface area contributed by atoms with Gasteiger partial charge in [-0.25, -0.2) is 4.79 Å². The summed E-state index contributed by atoms with van der Waals surface area (Å²) in [6.07, 6.45) is -0.389. The van der Waals surface area contributed by atoms with E-state index in [1.807, 2.05) is 37.3 Å². The molecule has 0 aliphatic heterocycles. The van der Waals surface area contributed by atoms with Crippen LogP contribution in [0.5, 0.6) is 0 Å². The molecule has 1 amide bonds. The number of amides is 1. The van der Waals surface area contributed by atoms with Crippen molar-refractivity contribution in [3.63, 3.8) is 0 Å². The molecule has 88 valence electrons. The van der Waals surface area contributed by atoms with Gasteiger partial charge in [0.2, 0.25) is 0 Å². The second-order valence-corrected chi connectivity index (χ2v) is 3.64. The van der Waals surface area contributed by atoms with Gasteiger partial charge in [-0.15, -0.1) is 0 Å². The van der Waals surface area contributed by atoms with Gasteiger partial charge < -0.3 is 10.2 Å². The van der Waals surface area contributed by atoms with E-state index >= 15 is 0 Å². The van der Waals surface area contributed by atoms with Crippen molar-refractivity contribution in [2.75, 3.05) is 6.61 Å². The molecular weight excluding hydrogens is 206 g/mol. The molecule has 0 saturated heterocycles. The molecule has 4 nitrogen and oxygen atoms in total. The van der Waals surface area contributed by atoms with Crippen molar-refractivity contribution in [1.82, 2.24) is 4.90 Å². The third-order valence-electron chi connectivity index (χ3n) is 2.56. The lowest BCUT2D eigenvalue weighted by Gasteiger charge is -2.27. The van der Waals surface area contributed by atoms with E-state index in [2.05, 4.69) is 0 Å². The minimum Gasteiger partial charge on any atom is -0.465 e. The monoisotopic (exact) mass is 223 g/mol. The van der Waals surface area contributed by atoms with Crippen LogP contribution in [0, 0.1) is 0 Å². The van der Waals surface area contributed by atoms with E-state index in [0.29, 0.717) is 13.0 Å². The van der Waals surface area contributed by atoms with E-state index in [1.165, 1.54) is 4.90 Å². The first kappa shape index (κ1) is 12.5.